The largest absolute Gasteiger partial charge is 0.353 e. The van der Waals surface area contributed by atoms with Crippen LogP contribution in [0.5, 0.6) is 0 Å². The van der Waals surface area contributed by atoms with Gasteiger partial charge in [-0.2, -0.15) is 0 Å². The summed E-state index contributed by atoms with van der Waals surface area (Å²) in [6.07, 6.45) is 3.64. The maximum absolute atomic E-state index is 4.46. The van der Waals surface area contributed by atoms with E-state index in [0.717, 1.165) is 43.4 Å². The average Bonchev–Trinajstić information content (AvgIpc) is 2.88. The molecule has 3 rings (SSSR count). The molecular weight excluding hydrogens is 244 g/mol. The Morgan fingerprint density at radius 2 is 2.11 bits per heavy atom. The number of anilines is 1. The van der Waals surface area contributed by atoms with Crippen molar-refractivity contribution in [2.75, 3.05) is 37.6 Å². The monoisotopic (exact) mass is 260 g/mol. The van der Waals surface area contributed by atoms with Crippen LogP contribution in [-0.2, 0) is 0 Å². The van der Waals surface area contributed by atoms with Crippen molar-refractivity contribution in [2.24, 2.45) is 0 Å². The SMILES string of the molecule is C=CCN1CCN(c2ncnc3sccc23)CC1. The molecule has 0 N–H and O–H groups in total. The lowest BCUT2D eigenvalue weighted by Gasteiger charge is -2.35. The Balaban J connectivity index is 1.80. The Morgan fingerprint density at radius 3 is 2.89 bits per heavy atom. The van der Waals surface area contributed by atoms with Crippen LogP contribution >= 0.6 is 11.3 Å². The molecule has 1 saturated heterocycles. The van der Waals surface area contributed by atoms with Gasteiger partial charge in [-0.15, -0.1) is 17.9 Å². The lowest BCUT2D eigenvalue weighted by Crippen LogP contribution is -2.46. The third-order valence-electron chi connectivity index (χ3n) is 3.30. The highest BCUT2D eigenvalue weighted by Crippen LogP contribution is 2.27. The predicted molar refractivity (Wildman–Crippen MR) is 76.3 cm³/mol. The highest BCUT2D eigenvalue weighted by Gasteiger charge is 2.19. The second-order valence-electron chi connectivity index (χ2n) is 4.41. The molecule has 2 aromatic rings. The van der Waals surface area contributed by atoms with Crippen LogP contribution in [0, 0.1) is 0 Å². The second kappa shape index (κ2) is 5.04. The summed E-state index contributed by atoms with van der Waals surface area (Å²) in [5, 5.41) is 3.26. The van der Waals surface area contributed by atoms with Crippen LogP contribution < -0.4 is 4.90 Å². The molecule has 18 heavy (non-hydrogen) atoms. The molecule has 4 nitrogen and oxygen atoms in total. The molecule has 0 amide bonds. The van der Waals surface area contributed by atoms with Gasteiger partial charge in [0, 0.05) is 32.7 Å². The number of fused-ring (bicyclic) bond motifs is 1. The Bertz CT molecular complexity index is 543. The molecule has 0 saturated carbocycles. The first-order valence-electron chi connectivity index (χ1n) is 6.15. The highest BCUT2D eigenvalue weighted by molar-refractivity contribution is 7.16. The lowest BCUT2D eigenvalue weighted by molar-refractivity contribution is 0.284. The van der Waals surface area contributed by atoms with Gasteiger partial charge < -0.3 is 4.90 Å². The minimum absolute atomic E-state index is 0.978. The van der Waals surface area contributed by atoms with Crippen molar-refractivity contribution < 1.29 is 0 Å². The van der Waals surface area contributed by atoms with Gasteiger partial charge in [0.25, 0.3) is 0 Å². The summed E-state index contributed by atoms with van der Waals surface area (Å²) in [5.41, 5.74) is 0. The van der Waals surface area contributed by atoms with Crippen molar-refractivity contribution >= 4 is 27.4 Å². The topological polar surface area (TPSA) is 32.3 Å². The highest BCUT2D eigenvalue weighted by atomic mass is 32.1. The van der Waals surface area contributed by atoms with Crippen LogP contribution in [0.25, 0.3) is 10.2 Å². The molecular formula is C13H16N4S. The van der Waals surface area contributed by atoms with Crippen molar-refractivity contribution in [3.63, 3.8) is 0 Å². The van der Waals surface area contributed by atoms with Gasteiger partial charge >= 0.3 is 0 Å². The number of nitrogens with zero attached hydrogens (tertiary/aromatic N) is 4. The van der Waals surface area contributed by atoms with E-state index in [2.05, 4.69) is 37.8 Å². The van der Waals surface area contributed by atoms with Gasteiger partial charge in [0.15, 0.2) is 0 Å². The first-order chi connectivity index (χ1) is 8.88. The van der Waals surface area contributed by atoms with Gasteiger partial charge in [-0.05, 0) is 11.4 Å². The molecule has 5 heteroatoms. The van der Waals surface area contributed by atoms with Crippen molar-refractivity contribution in [3.8, 4) is 0 Å². The molecule has 0 bridgehead atoms. The van der Waals surface area contributed by atoms with Crippen LogP contribution in [0.1, 0.15) is 0 Å². The third kappa shape index (κ3) is 2.11. The first kappa shape index (κ1) is 11.6. The Labute approximate surface area is 111 Å². The molecule has 1 fully saturated rings. The van der Waals surface area contributed by atoms with Gasteiger partial charge in [-0.3, -0.25) is 4.90 Å². The number of thiophene rings is 1. The Hall–Kier alpha value is -1.46. The number of hydrogen-bond donors (Lipinski definition) is 0. The summed E-state index contributed by atoms with van der Waals surface area (Å²) < 4.78 is 0. The zero-order valence-corrected chi connectivity index (χ0v) is 11.1. The van der Waals surface area contributed by atoms with Crippen LogP contribution in [0.3, 0.4) is 0 Å². The fourth-order valence-corrected chi connectivity index (χ4v) is 3.08. The molecule has 1 aliphatic heterocycles. The average molecular weight is 260 g/mol. The molecule has 0 atom stereocenters. The fraction of sp³-hybridized carbons (Fsp3) is 0.385. The smallest absolute Gasteiger partial charge is 0.140 e. The van der Waals surface area contributed by atoms with Gasteiger partial charge in [-0.1, -0.05) is 6.08 Å². The molecule has 2 aromatic heterocycles. The van der Waals surface area contributed by atoms with E-state index in [0.29, 0.717) is 0 Å². The maximum Gasteiger partial charge on any atom is 0.140 e. The predicted octanol–water partition coefficient (Wildman–Crippen LogP) is 2.00. The standard InChI is InChI=1S/C13H16N4S/c1-2-4-16-5-7-17(8-6-16)12-11-3-9-18-13(11)15-10-14-12/h2-3,9-10H,1,4-8H2. The van der Waals surface area contributed by atoms with Gasteiger partial charge in [-0.25, -0.2) is 9.97 Å². The second-order valence-corrected chi connectivity index (χ2v) is 5.31. The van der Waals surface area contributed by atoms with Crippen molar-refractivity contribution in [1.29, 1.82) is 0 Å². The van der Waals surface area contributed by atoms with E-state index in [1.54, 1.807) is 17.7 Å². The van der Waals surface area contributed by atoms with E-state index in [-0.39, 0.29) is 0 Å². The molecule has 0 spiro atoms. The number of rotatable bonds is 3. The molecule has 3 heterocycles. The van der Waals surface area contributed by atoms with E-state index in [1.165, 1.54) is 5.39 Å². The summed E-state index contributed by atoms with van der Waals surface area (Å²) in [6.45, 7) is 8.96. The molecule has 0 radical (unpaired) electrons. The molecule has 94 valence electrons. The van der Waals surface area contributed by atoms with Gasteiger partial charge in [0.2, 0.25) is 0 Å². The summed E-state index contributed by atoms with van der Waals surface area (Å²) in [4.78, 5) is 14.6. The van der Waals surface area contributed by atoms with Crippen LogP contribution in [0.2, 0.25) is 0 Å². The Morgan fingerprint density at radius 1 is 1.28 bits per heavy atom. The van der Waals surface area contributed by atoms with Crippen molar-refractivity contribution in [1.82, 2.24) is 14.9 Å². The number of piperazine rings is 1. The number of hydrogen-bond acceptors (Lipinski definition) is 5. The quantitative estimate of drug-likeness (QED) is 0.790. The summed E-state index contributed by atoms with van der Waals surface area (Å²) in [6, 6.07) is 2.12. The van der Waals surface area contributed by atoms with Gasteiger partial charge in [0.1, 0.15) is 17.0 Å². The van der Waals surface area contributed by atoms with Crippen LogP contribution in [-0.4, -0.2) is 47.6 Å². The Kier molecular flexibility index (Phi) is 3.25. The first-order valence-corrected chi connectivity index (χ1v) is 7.03. The van der Waals surface area contributed by atoms with Crippen molar-refractivity contribution in [3.05, 3.63) is 30.4 Å². The normalized spacial score (nSPS) is 17.2. The molecule has 0 aliphatic carbocycles. The summed E-state index contributed by atoms with van der Waals surface area (Å²) >= 11 is 1.67. The van der Waals surface area contributed by atoms with Crippen LogP contribution in [0.4, 0.5) is 5.82 Å². The summed E-state index contributed by atoms with van der Waals surface area (Å²) in [7, 11) is 0. The molecule has 1 aliphatic rings. The fourth-order valence-electron chi connectivity index (χ4n) is 2.35. The van der Waals surface area contributed by atoms with E-state index < -0.39 is 0 Å². The summed E-state index contributed by atoms with van der Waals surface area (Å²) in [5.74, 6) is 1.08. The zero-order chi connectivity index (χ0) is 12.4. The van der Waals surface area contributed by atoms with Crippen molar-refractivity contribution in [2.45, 2.75) is 0 Å². The van der Waals surface area contributed by atoms with Crippen LogP contribution in [0.15, 0.2) is 30.4 Å². The maximum atomic E-state index is 4.46. The lowest BCUT2D eigenvalue weighted by atomic mass is 10.2. The third-order valence-corrected chi connectivity index (χ3v) is 4.12. The van der Waals surface area contributed by atoms with E-state index in [4.69, 9.17) is 0 Å². The minimum atomic E-state index is 0.978. The zero-order valence-electron chi connectivity index (χ0n) is 10.2. The van der Waals surface area contributed by atoms with E-state index >= 15 is 0 Å². The minimum Gasteiger partial charge on any atom is -0.353 e. The number of aromatic nitrogens is 2. The molecule has 0 aromatic carbocycles. The van der Waals surface area contributed by atoms with Gasteiger partial charge in [0.05, 0.1) is 5.39 Å². The van der Waals surface area contributed by atoms with E-state index in [1.807, 2.05) is 6.08 Å². The molecule has 0 unspecified atom stereocenters. The van der Waals surface area contributed by atoms with E-state index in [9.17, 15) is 0 Å².